The molecule has 2 rings (SSSR count). The summed E-state index contributed by atoms with van der Waals surface area (Å²) < 4.78 is 9.07. The van der Waals surface area contributed by atoms with Gasteiger partial charge in [0.25, 0.3) is 0 Å². The van der Waals surface area contributed by atoms with E-state index in [1.165, 1.54) is 0 Å². The summed E-state index contributed by atoms with van der Waals surface area (Å²) >= 11 is 1.03. The van der Waals surface area contributed by atoms with Gasteiger partial charge in [0.2, 0.25) is 0 Å². The predicted molar refractivity (Wildman–Crippen MR) is 77.4 cm³/mol. The van der Waals surface area contributed by atoms with Gasteiger partial charge in [-0.3, -0.25) is 4.98 Å². The lowest BCUT2D eigenvalue weighted by Gasteiger charge is -2.06. The first-order valence-corrected chi connectivity index (χ1v) is 7.02. The van der Waals surface area contributed by atoms with Gasteiger partial charge in [0.15, 0.2) is 4.88 Å². The Kier molecular flexibility index (Phi) is 4.95. The summed E-state index contributed by atoms with van der Waals surface area (Å²) in [6.07, 6.45) is 5.90. The molecular formula is C14H15N3O2S. The highest BCUT2D eigenvalue weighted by Crippen LogP contribution is 2.23. The van der Waals surface area contributed by atoms with Crippen LogP contribution in [0.15, 0.2) is 37.2 Å². The van der Waals surface area contributed by atoms with Crippen LogP contribution in [0.5, 0.6) is 0 Å². The van der Waals surface area contributed by atoms with Crippen LogP contribution < -0.4 is 0 Å². The van der Waals surface area contributed by atoms with Crippen molar-refractivity contribution in [3.05, 3.63) is 42.1 Å². The van der Waals surface area contributed by atoms with Crippen molar-refractivity contribution in [2.24, 2.45) is 5.92 Å². The third-order valence-corrected chi connectivity index (χ3v) is 3.52. The molecule has 0 radical (unpaired) electrons. The van der Waals surface area contributed by atoms with E-state index in [0.29, 0.717) is 23.1 Å². The van der Waals surface area contributed by atoms with E-state index in [-0.39, 0.29) is 0 Å². The molecule has 0 amide bonds. The van der Waals surface area contributed by atoms with Crippen LogP contribution in [0, 0.1) is 5.92 Å². The Morgan fingerprint density at radius 2 is 2.45 bits per heavy atom. The fourth-order valence-electron chi connectivity index (χ4n) is 1.54. The molecule has 0 fully saturated rings. The Labute approximate surface area is 121 Å². The van der Waals surface area contributed by atoms with E-state index in [4.69, 9.17) is 4.74 Å². The summed E-state index contributed by atoms with van der Waals surface area (Å²) in [4.78, 5) is 16.4. The predicted octanol–water partition coefficient (Wildman–Crippen LogP) is 2.97. The monoisotopic (exact) mass is 289 g/mol. The van der Waals surface area contributed by atoms with Crippen molar-refractivity contribution in [3.63, 3.8) is 0 Å². The molecule has 20 heavy (non-hydrogen) atoms. The van der Waals surface area contributed by atoms with E-state index in [9.17, 15) is 4.79 Å². The number of pyridine rings is 1. The first-order valence-electron chi connectivity index (χ1n) is 6.24. The quantitative estimate of drug-likeness (QED) is 0.604. The molecule has 2 aromatic rings. The highest BCUT2D eigenvalue weighted by atomic mass is 32.1. The number of carbonyl (C=O) groups is 1. The molecule has 0 N–H and O–H groups in total. The Hall–Kier alpha value is -2.08. The summed E-state index contributed by atoms with van der Waals surface area (Å²) in [6, 6.07) is 3.62. The van der Waals surface area contributed by atoms with E-state index < -0.39 is 5.97 Å². The van der Waals surface area contributed by atoms with Crippen LogP contribution in [0.25, 0.3) is 11.3 Å². The summed E-state index contributed by atoms with van der Waals surface area (Å²) in [5.74, 6) is -0.0738. The van der Waals surface area contributed by atoms with Crippen molar-refractivity contribution in [1.82, 2.24) is 14.6 Å². The summed E-state index contributed by atoms with van der Waals surface area (Å²) in [5.41, 5.74) is 1.28. The van der Waals surface area contributed by atoms with Gasteiger partial charge in [-0.15, -0.1) is 11.7 Å². The number of allylic oxidation sites excluding steroid dienone is 1. The largest absolute Gasteiger partial charge is 0.461 e. The molecule has 0 aliphatic rings. The maximum absolute atomic E-state index is 12.0. The fourth-order valence-corrected chi connectivity index (χ4v) is 2.12. The van der Waals surface area contributed by atoms with Gasteiger partial charge in [0, 0.05) is 18.0 Å². The molecule has 0 aliphatic carbocycles. The molecule has 0 aromatic carbocycles. The second-order valence-electron chi connectivity index (χ2n) is 4.33. The van der Waals surface area contributed by atoms with Crippen molar-refractivity contribution < 1.29 is 9.53 Å². The molecule has 6 heteroatoms. The lowest BCUT2D eigenvalue weighted by atomic mass is 10.1. The Morgan fingerprint density at radius 3 is 3.15 bits per heavy atom. The first-order chi connectivity index (χ1) is 9.72. The van der Waals surface area contributed by atoms with Crippen LogP contribution in [-0.2, 0) is 4.74 Å². The number of esters is 1. The summed E-state index contributed by atoms with van der Waals surface area (Å²) in [6.45, 7) is 6.08. The Bertz CT molecular complexity index is 583. The SMILES string of the molecule is C=CC(C)CCOC(=O)c1snnc1-c1cccnc1. The number of rotatable bonds is 6. The van der Waals surface area contributed by atoms with E-state index in [0.717, 1.165) is 23.5 Å². The zero-order valence-electron chi connectivity index (χ0n) is 11.2. The third kappa shape index (κ3) is 3.48. The van der Waals surface area contributed by atoms with Crippen LogP contribution in [0.2, 0.25) is 0 Å². The molecule has 0 bridgehead atoms. The van der Waals surface area contributed by atoms with Gasteiger partial charge in [-0.1, -0.05) is 17.5 Å². The lowest BCUT2D eigenvalue weighted by molar-refractivity contribution is 0.0498. The lowest BCUT2D eigenvalue weighted by Crippen LogP contribution is -2.08. The number of aromatic nitrogens is 3. The molecule has 0 aliphatic heterocycles. The average molecular weight is 289 g/mol. The second kappa shape index (κ2) is 6.91. The van der Waals surface area contributed by atoms with E-state index in [1.54, 1.807) is 18.5 Å². The fraction of sp³-hybridized carbons (Fsp3) is 0.286. The highest BCUT2D eigenvalue weighted by Gasteiger charge is 2.19. The van der Waals surface area contributed by atoms with Crippen molar-refractivity contribution in [3.8, 4) is 11.3 Å². The van der Waals surface area contributed by atoms with E-state index >= 15 is 0 Å². The minimum Gasteiger partial charge on any atom is -0.461 e. The van der Waals surface area contributed by atoms with Gasteiger partial charge in [0.05, 0.1) is 6.61 Å². The minimum absolute atomic E-state index is 0.320. The molecule has 1 atom stereocenters. The van der Waals surface area contributed by atoms with Crippen molar-refractivity contribution in [2.45, 2.75) is 13.3 Å². The number of hydrogen-bond acceptors (Lipinski definition) is 6. The van der Waals surface area contributed by atoms with Gasteiger partial charge < -0.3 is 4.74 Å². The van der Waals surface area contributed by atoms with Crippen LogP contribution in [-0.4, -0.2) is 27.1 Å². The van der Waals surface area contributed by atoms with Crippen LogP contribution >= 0.6 is 11.5 Å². The topological polar surface area (TPSA) is 65.0 Å². The molecule has 2 aromatic heterocycles. The zero-order valence-corrected chi connectivity index (χ0v) is 12.0. The molecule has 0 spiro atoms. The second-order valence-corrected chi connectivity index (χ2v) is 5.08. The number of hydrogen-bond donors (Lipinski definition) is 0. The average Bonchev–Trinajstić information content (AvgIpc) is 2.97. The Balaban J connectivity index is 2.05. The summed E-state index contributed by atoms with van der Waals surface area (Å²) in [5, 5.41) is 3.98. The number of nitrogens with zero attached hydrogens (tertiary/aromatic N) is 3. The third-order valence-electron chi connectivity index (χ3n) is 2.82. The van der Waals surface area contributed by atoms with Gasteiger partial charge in [-0.2, -0.15) is 0 Å². The highest BCUT2D eigenvalue weighted by molar-refractivity contribution is 7.08. The van der Waals surface area contributed by atoms with E-state index in [1.807, 2.05) is 19.1 Å². The first kappa shape index (κ1) is 14.3. The van der Waals surface area contributed by atoms with Crippen molar-refractivity contribution >= 4 is 17.5 Å². The molecular weight excluding hydrogens is 274 g/mol. The van der Waals surface area contributed by atoms with Crippen LogP contribution in [0.3, 0.4) is 0 Å². The van der Waals surface area contributed by atoms with Crippen LogP contribution in [0.1, 0.15) is 23.0 Å². The normalized spacial score (nSPS) is 11.8. The molecule has 5 nitrogen and oxygen atoms in total. The molecule has 2 heterocycles. The van der Waals surface area contributed by atoms with Crippen molar-refractivity contribution in [1.29, 1.82) is 0 Å². The summed E-state index contributed by atoms with van der Waals surface area (Å²) in [7, 11) is 0. The number of ether oxygens (including phenoxy) is 1. The zero-order chi connectivity index (χ0) is 14.4. The standard InChI is InChI=1S/C14H15N3O2S/c1-3-10(2)6-8-19-14(18)13-12(16-17-20-13)11-5-4-7-15-9-11/h3-5,7,9-10H,1,6,8H2,2H3. The maximum atomic E-state index is 12.0. The minimum atomic E-state index is -0.393. The molecule has 0 saturated heterocycles. The van der Waals surface area contributed by atoms with Gasteiger partial charge in [-0.05, 0) is 36.0 Å². The van der Waals surface area contributed by atoms with Gasteiger partial charge in [-0.25, -0.2) is 4.79 Å². The van der Waals surface area contributed by atoms with Crippen LogP contribution in [0.4, 0.5) is 0 Å². The molecule has 1 unspecified atom stereocenters. The van der Waals surface area contributed by atoms with Crippen molar-refractivity contribution in [2.75, 3.05) is 6.61 Å². The smallest absolute Gasteiger partial charge is 0.352 e. The number of carbonyl (C=O) groups excluding carboxylic acids is 1. The van der Waals surface area contributed by atoms with E-state index in [2.05, 4.69) is 21.1 Å². The van der Waals surface area contributed by atoms with Gasteiger partial charge in [0.1, 0.15) is 5.69 Å². The Morgan fingerprint density at radius 1 is 1.60 bits per heavy atom. The van der Waals surface area contributed by atoms with Gasteiger partial charge >= 0.3 is 5.97 Å². The molecule has 0 saturated carbocycles. The maximum Gasteiger partial charge on any atom is 0.352 e. The molecule has 104 valence electrons.